The number of hydrogen-bond donors (Lipinski definition) is 2. The van der Waals surface area contributed by atoms with E-state index in [9.17, 15) is 5.11 Å². The third kappa shape index (κ3) is 4.25. The minimum Gasteiger partial charge on any atom is -0.392 e. The van der Waals surface area contributed by atoms with Gasteiger partial charge in [-0.15, -0.1) is 0 Å². The van der Waals surface area contributed by atoms with E-state index in [4.69, 9.17) is 0 Å². The van der Waals surface area contributed by atoms with Crippen molar-refractivity contribution in [3.8, 4) is 0 Å². The van der Waals surface area contributed by atoms with Crippen molar-refractivity contribution >= 4 is 0 Å². The molecule has 1 aliphatic rings. The van der Waals surface area contributed by atoms with Crippen molar-refractivity contribution in [2.75, 3.05) is 6.54 Å². The Morgan fingerprint density at radius 3 is 2.86 bits per heavy atom. The Kier molecular flexibility index (Phi) is 5.88. The number of nitrogens with one attached hydrogen (secondary N) is 1. The van der Waals surface area contributed by atoms with Crippen LogP contribution in [-0.2, 0) is 0 Å². The molecule has 0 aliphatic heterocycles. The van der Waals surface area contributed by atoms with Crippen LogP contribution in [0, 0.1) is 0 Å². The predicted molar refractivity (Wildman–Crippen MR) is 60.3 cm³/mol. The third-order valence-electron chi connectivity index (χ3n) is 2.93. The molecular weight excluding hydrogens is 174 g/mol. The molecule has 0 heterocycles. The molecule has 1 fully saturated rings. The SMILES string of the molecule is C/C=C/CCNC1CCCCCC1O. The average Bonchev–Trinajstić information content (AvgIpc) is 2.39. The van der Waals surface area contributed by atoms with Crippen LogP contribution in [-0.4, -0.2) is 23.8 Å². The summed E-state index contributed by atoms with van der Waals surface area (Å²) < 4.78 is 0. The zero-order chi connectivity index (χ0) is 10.2. The molecule has 0 aromatic carbocycles. The van der Waals surface area contributed by atoms with Crippen LogP contribution in [0.2, 0.25) is 0 Å². The maximum Gasteiger partial charge on any atom is 0.0693 e. The second-order valence-electron chi connectivity index (χ2n) is 4.12. The monoisotopic (exact) mass is 197 g/mol. The first-order valence-electron chi connectivity index (χ1n) is 5.87. The molecule has 0 radical (unpaired) electrons. The lowest BCUT2D eigenvalue weighted by Crippen LogP contribution is -2.39. The highest BCUT2D eigenvalue weighted by atomic mass is 16.3. The van der Waals surface area contributed by atoms with Crippen LogP contribution < -0.4 is 5.32 Å². The molecule has 14 heavy (non-hydrogen) atoms. The average molecular weight is 197 g/mol. The van der Waals surface area contributed by atoms with Crippen molar-refractivity contribution in [3.05, 3.63) is 12.2 Å². The first-order valence-corrected chi connectivity index (χ1v) is 5.87. The first kappa shape index (κ1) is 11.7. The molecule has 1 saturated carbocycles. The van der Waals surface area contributed by atoms with E-state index >= 15 is 0 Å². The second kappa shape index (κ2) is 7.02. The summed E-state index contributed by atoms with van der Waals surface area (Å²) in [6.07, 6.45) is 11.0. The summed E-state index contributed by atoms with van der Waals surface area (Å²) in [6.45, 7) is 3.03. The summed E-state index contributed by atoms with van der Waals surface area (Å²) in [5.41, 5.74) is 0. The van der Waals surface area contributed by atoms with Crippen LogP contribution in [0.25, 0.3) is 0 Å². The van der Waals surface area contributed by atoms with E-state index in [2.05, 4.69) is 17.5 Å². The van der Waals surface area contributed by atoms with Gasteiger partial charge in [0.25, 0.3) is 0 Å². The van der Waals surface area contributed by atoms with Crippen molar-refractivity contribution in [1.82, 2.24) is 5.32 Å². The minimum absolute atomic E-state index is 0.122. The molecule has 0 saturated heterocycles. The van der Waals surface area contributed by atoms with E-state index < -0.39 is 0 Å². The Morgan fingerprint density at radius 1 is 1.29 bits per heavy atom. The molecule has 2 N–H and O–H groups in total. The minimum atomic E-state index is -0.122. The van der Waals surface area contributed by atoms with Gasteiger partial charge >= 0.3 is 0 Å². The van der Waals surface area contributed by atoms with Crippen LogP contribution in [0.15, 0.2) is 12.2 Å². The van der Waals surface area contributed by atoms with Gasteiger partial charge < -0.3 is 10.4 Å². The van der Waals surface area contributed by atoms with Crippen LogP contribution >= 0.6 is 0 Å². The van der Waals surface area contributed by atoms with Crippen LogP contribution in [0.4, 0.5) is 0 Å². The lowest BCUT2D eigenvalue weighted by molar-refractivity contribution is 0.120. The van der Waals surface area contributed by atoms with Crippen molar-refractivity contribution in [2.45, 2.75) is 57.6 Å². The molecule has 0 spiro atoms. The highest BCUT2D eigenvalue weighted by Gasteiger charge is 2.20. The van der Waals surface area contributed by atoms with Crippen molar-refractivity contribution in [1.29, 1.82) is 0 Å². The summed E-state index contributed by atoms with van der Waals surface area (Å²) in [5.74, 6) is 0. The predicted octanol–water partition coefficient (Wildman–Crippen LogP) is 2.24. The summed E-state index contributed by atoms with van der Waals surface area (Å²) in [4.78, 5) is 0. The van der Waals surface area contributed by atoms with E-state index in [1.54, 1.807) is 0 Å². The Morgan fingerprint density at radius 2 is 2.07 bits per heavy atom. The van der Waals surface area contributed by atoms with E-state index in [0.717, 1.165) is 25.8 Å². The second-order valence-corrected chi connectivity index (χ2v) is 4.12. The van der Waals surface area contributed by atoms with Gasteiger partial charge in [-0.05, 0) is 32.7 Å². The molecule has 1 rings (SSSR count). The zero-order valence-electron chi connectivity index (χ0n) is 9.21. The molecule has 82 valence electrons. The van der Waals surface area contributed by atoms with Crippen LogP contribution in [0.1, 0.15) is 45.4 Å². The van der Waals surface area contributed by atoms with Gasteiger partial charge in [-0.2, -0.15) is 0 Å². The topological polar surface area (TPSA) is 32.3 Å². The Labute approximate surface area is 87.4 Å². The molecule has 0 amide bonds. The highest BCUT2D eigenvalue weighted by Crippen LogP contribution is 2.17. The number of aliphatic hydroxyl groups is 1. The van der Waals surface area contributed by atoms with E-state index in [0.29, 0.717) is 6.04 Å². The van der Waals surface area contributed by atoms with E-state index in [1.807, 2.05) is 6.92 Å². The molecule has 2 nitrogen and oxygen atoms in total. The number of rotatable bonds is 4. The number of aliphatic hydroxyl groups excluding tert-OH is 1. The lowest BCUT2D eigenvalue weighted by atomic mass is 10.1. The van der Waals surface area contributed by atoms with Crippen molar-refractivity contribution in [2.24, 2.45) is 0 Å². The quantitative estimate of drug-likeness (QED) is 0.411. The fourth-order valence-electron chi connectivity index (χ4n) is 2.04. The summed E-state index contributed by atoms with van der Waals surface area (Å²) >= 11 is 0. The molecule has 1 aliphatic carbocycles. The van der Waals surface area contributed by atoms with Crippen molar-refractivity contribution < 1.29 is 5.11 Å². The van der Waals surface area contributed by atoms with Crippen LogP contribution in [0.5, 0.6) is 0 Å². The summed E-state index contributed by atoms with van der Waals surface area (Å²) in [5, 5.41) is 13.3. The largest absolute Gasteiger partial charge is 0.392 e. The number of hydrogen-bond acceptors (Lipinski definition) is 2. The molecule has 2 heteroatoms. The summed E-state index contributed by atoms with van der Waals surface area (Å²) in [6, 6.07) is 0.336. The lowest BCUT2D eigenvalue weighted by Gasteiger charge is -2.21. The molecular formula is C12H23NO. The standard InChI is InChI=1S/C12H23NO/c1-2-3-7-10-13-11-8-5-4-6-9-12(11)14/h2-3,11-14H,4-10H2,1H3/b3-2+. The van der Waals surface area contributed by atoms with E-state index in [-0.39, 0.29) is 6.10 Å². The molecule has 0 aromatic heterocycles. The fourth-order valence-corrected chi connectivity index (χ4v) is 2.04. The molecule has 2 unspecified atom stereocenters. The van der Waals surface area contributed by atoms with E-state index in [1.165, 1.54) is 19.3 Å². The van der Waals surface area contributed by atoms with Gasteiger partial charge in [0, 0.05) is 6.04 Å². The van der Waals surface area contributed by atoms with Gasteiger partial charge in [0.15, 0.2) is 0 Å². The Bertz CT molecular complexity index is 168. The maximum absolute atomic E-state index is 9.82. The molecule has 2 atom stereocenters. The van der Waals surface area contributed by atoms with Gasteiger partial charge in [0.2, 0.25) is 0 Å². The van der Waals surface area contributed by atoms with Crippen LogP contribution in [0.3, 0.4) is 0 Å². The van der Waals surface area contributed by atoms with Gasteiger partial charge in [0.05, 0.1) is 6.10 Å². The normalized spacial score (nSPS) is 29.3. The molecule has 0 aromatic rings. The van der Waals surface area contributed by atoms with Crippen molar-refractivity contribution in [3.63, 3.8) is 0 Å². The zero-order valence-corrected chi connectivity index (χ0v) is 9.21. The Hall–Kier alpha value is -0.340. The van der Waals surface area contributed by atoms with Gasteiger partial charge in [-0.3, -0.25) is 0 Å². The highest BCUT2D eigenvalue weighted by molar-refractivity contribution is 4.82. The molecule has 0 bridgehead atoms. The maximum atomic E-state index is 9.82. The van der Waals surface area contributed by atoms with Gasteiger partial charge in [-0.1, -0.05) is 31.4 Å². The Balaban J connectivity index is 2.19. The van der Waals surface area contributed by atoms with Gasteiger partial charge in [-0.25, -0.2) is 0 Å². The third-order valence-corrected chi connectivity index (χ3v) is 2.93. The first-order chi connectivity index (χ1) is 6.84. The van der Waals surface area contributed by atoms with Gasteiger partial charge in [0.1, 0.15) is 0 Å². The smallest absolute Gasteiger partial charge is 0.0693 e. The number of allylic oxidation sites excluding steroid dienone is 1. The fraction of sp³-hybridized carbons (Fsp3) is 0.833. The summed E-state index contributed by atoms with van der Waals surface area (Å²) in [7, 11) is 0.